The molecule has 1 nitrogen and oxygen atoms in total. The van der Waals surface area contributed by atoms with Crippen LogP contribution in [0.25, 0.3) is 12.2 Å². The third-order valence-corrected chi connectivity index (χ3v) is 5.01. The molecule has 0 N–H and O–H groups in total. The van der Waals surface area contributed by atoms with Gasteiger partial charge in [-0.1, -0.05) is 43.5 Å². The summed E-state index contributed by atoms with van der Waals surface area (Å²) in [4.78, 5) is 1.82. The number of hydrogen-bond donors (Lipinski definition) is 0. The lowest BCUT2D eigenvalue weighted by Crippen LogP contribution is -2.34. The van der Waals surface area contributed by atoms with Gasteiger partial charge in [-0.25, -0.2) is 8.78 Å². The monoisotopic (exact) mass is 339 g/mol. The third kappa shape index (κ3) is 3.37. The largest absolute Gasteiger partial charge is 0.367 e. The molecule has 1 aliphatic heterocycles. The predicted molar refractivity (Wildman–Crippen MR) is 102 cm³/mol. The summed E-state index contributed by atoms with van der Waals surface area (Å²) >= 11 is 0. The van der Waals surface area contributed by atoms with Crippen molar-refractivity contribution in [3.8, 4) is 0 Å². The smallest absolute Gasteiger partial charge is 0.149 e. The molecule has 1 fully saturated rings. The average Bonchev–Trinajstić information content (AvgIpc) is 2.60. The number of anilines is 1. The van der Waals surface area contributed by atoms with Gasteiger partial charge in [-0.2, -0.15) is 0 Å². The number of benzene rings is 2. The minimum Gasteiger partial charge on any atom is -0.367 e. The maximum atomic E-state index is 14.2. The Labute approximate surface area is 148 Å². The summed E-state index contributed by atoms with van der Waals surface area (Å²) in [6.45, 7) is 10.8. The molecule has 0 unspecified atom stereocenters. The molecular weight excluding hydrogens is 316 g/mol. The van der Waals surface area contributed by atoms with Gasteiger partial charge in [0.15, 0.2) is 0 Å². The van der Waals surface area contributed by atoms with Crippen molar-refractivity contribution in [2.45, 2.75) is 25.7 Å². The van der Waals surface area contributed by atoms with E-state index in [0.29, 0.717) is 24.6 Å². The van der Waals surface area contributed by atoms with Crippen molar-refractivity contribution in [2.24, 2.45) is 0 Å². The summed E-state index contributed by atoms with van der Waals surface area (Å²) in [5, 5.41) is 0. The molecule has 2 aromatic rings. The molecule has 1 saturated heterocycles. The molecule has 0 aromatic heterocycles. The number of piperidine rings is 1. The molecule has 2 aromatic carbocycles. The zero-order valence-electron chi connectivity index (χ0n) is 14.6. The number of nitrogens with zero attached hydrogens (tertiary/aromatic N) is 1. The van der Waals surface area contributed by atoms with E-state index in [1.807, 2.05) is 29.2 Å². The van der Waals surface area contributed by atoms with Crippen molar-refractivity contribution in [1.29, 1.82) is 0 Å². The Morgan fingerprint density at radius 2 is 1.68 bits per heavy atom. The second kappa shape index (κ2) is 7.22. The fourth-order valence-corrected chi connectivity index (χ4v) is 3.78. The van der Waals surface area contributed by atoms with Crippen LogP contribution in [0, 0.1) is 18.6 Å². The van der Waals surface area contributed by atoms with Crippen LogP contribution in [0.2, 0.25) is 0 Å². The van der Waals surface area contributed by atoms with Gasteiger partial charge in [-0.3, -0.25) is 0 Å². The number of halogens is 2. The van der Waals surface area contributed by atoms with Gasteiger partial charge in [0.05, 0.1) is 0 Å². The molecule has 3 rings (SSSR count). The Hall–Kier alpha value is -2.42. The van der Waals surface area contributed by atoms with E-state index in [4.69, 9.17) is 0 Å². The first-order valence-corrected chi connectivity index (χ1v) is 8.63. The molecular formula is C22H23F2N. The molecule has 0 saturated carbocycles. The fourth-order valence-electron chi connectivity index (χ4n) is 3.78. The normalized spacial score (nSPS) is 15.2. The quantitative estimate of drug-likeness (QED) is 0.666. The molecule has 0 atom stereocenters. The van der Waals surface area contributed by atoms with Crippen LogP contribution in [0.15, 0.2) is 43.5 Å². The van der Waals surface area contributed by atoms with Gasteiger partial charge in [0.1, 0.15) is 17.3 Å². The van der Waals surface area contributed by atoms with Gasteiger partial charge < -0.3 is 4.90 Å². The van der Waals surface area contributed by atoms with Crippen LogP contribution in [-0.4, -0.2) is 13.1 Å². The van der Waals surface area contributed by atoms with E-state index in [2.05, 4.69) is 19.2 Å². The van der Waals surface area contributed by atoms with Crippen molar-refractivity contribution in [3.63, 3.8) is 0 Å². The zero-order chi connectivity index (χ0) is 18.0. The first-order valence-electron chi connectivity index (χ1n) is 8.63. The molecule has 0 spiro atoms. The molecule has 1 aliphatic rings. The van der Waals surface area contributed by atoms with E-state index < -0.39 is 11.6 Å². The van der Waals surface area contributed by atoms with E-state index in [1.165, 1.54) is 17.7 Å². The lowest BCUT2D eigenvalue weighted by atomic mass is 9.84. The summed E-state index contributed by atoms with van der Waals surface area (Å²) in [6.07, 6.45) is 5.42. The maximum absolute atomic E-state index is 14.2. The Bertz CT molecular complexity index is 779. The van der Waals surface area contributed by atoms with Crippen LogP contribution in [-0.2, 0) is 0 Å². The first kappa shape index (κ1) is 17.4. The van der Waals surface area contributed by atoms with Crippen LogP contribution in [0.3, 0.4) is 0 Å². The minimum atomic E-state index is -0.476. The molecule has 0 amide bonds. The van der Waals surface area contributed by atoms with Gasteiger partial charge >= 0.3 is 0 Å². The lowest BCUT2D eigenvalue weighted by Gasteiger charge is -2.35. The van der Waals surface area contributed by atoms with Crippen molar-refractivity contribution < 1.29 is 8.78 Å². The Kier molecular flexibility index (Phi) is 5.03. The number of hydrogen-bond acceptors (Lipinski definition) is 1. The summed E-state index contributed by atoms with van der Waals surface area (Å²) in [5.41, 5.74) is 4.14. The van der Waals surface area contributed by atoms with Crippen molar-refractivity contribution in [1.82, 2.24) is 0 Å². The van der Waals surface area contributed by atoms with E-state index >= 15 is 0 Å². The zero-order valence-corrected chi connectivity index (χ0v) is 14.6. The van der Waals surface area contributed by atoms with Crippen LogP contribution < -0.4 is 4.90 Å². The summed E-state index contributed by atoms with van der Waals surface area (Å²) in [7, 11) is 0. The highest BCUT2D eigenvalue weighted by molar-refractivity contribution is 5.67. The Balaban J connectivity index is 1.82. The summed E-state index contributed by atoms with van der Waals surface area (Å²) in [5.74, 6) is -0.589. The second-order valence-electron chi connectivity index (χ2n) is 6.60. The third-order valence-electron chi connectivity index (χ3n) is 5.01. The molecule has 0 bridgehead atoms. The van der Waals surface area contributed by atoms with E-state index in [0.717, 1.165) is 24.0 Å². The van der Waals surface area contributed by atoms with E-state index in [1.54, 1.807) is 6.92 Å². The minimum absolute atomic E-state index is 0.104. The molecule has 0 radical (unpaired) electrons. The van der Waals surface area contributed by atoms with Gasteiger partial charge in [0.25, 0.3) is 0 Å². The highest BCUT2D eigenvalue weighted by atomic mass is 19.1. The number of rotatable bonds is 4. The first-order chi connectivity index (χ1) is 12.0. The second-order valence-corrected chi connectivity index (χ2v) is 6.60. The molecule has 0 aliphatic carbocycles. The fraction of sp³-hybridized carbons (Fsp3) is 0.273. The maximum Gasteiger partial charge on any atom is 0.149 e. The Morgan fingerprint density at radius 1 is 1.04 bits per heavy atom. The van der Waals surface area contributed by atoms with Crippen LogP contribution in [0.5, 0.6) is 0 Å². The van der Waals surface area contributed by atoms with Gasteiger partial charge in [0, 0.05) is 13.1 Å². The average molecular weight is 339 g/mol. The molecule has 3 heteroatoms. The molecule has 1 heterocycles. The van der Waals surface area contributed by atoms with Crippen molar-refractivity contribution >= 4 is 17.8 Å². The molecule has 25 heavy (non-hydrogen) atoms. The lowest BCUT2D eigenvalue weighted by molar-refractivity contribution is 0.485. The standard InChI is InChI=1S/C22H23F2N/c1-4-16-7-6-8-19(18(16)5-2)17-9-11-25(12-10-17)22-20(23)13-15(3)14-21(22)24/h4-8,13-14,17H,1-2,9-12H2,3H3. The molecule has 130 valence electrons. The van der Waals surface area contributed by atoms with E-state index in [9.17, 15) is 8.78 Å². The van der Waals surface area contributed by atoms with Crippen LogP contribution in [0.4, 0.5) is 14.5 Å². The summed E-state index contributed by atoms with van der Waals surface area (Å²) < 4.78 is 28.5. The van der Waals surface area contributed by atoms with Crippen molar-refractivity contribution in [3.05, 3.63) is 77.4 Å². The van der Waals surface area contributed by atoms with E-state index in [-0.39, 0.29) is 5.69 Å². The van der Waals surface area contributed by atoms with Gasteiger partial charge in [0.2, 0.25) is 0 Å². The van der Waals surface area contributed by atoms with Crippen LogP contribution >= 0.6 is 0 Å². The van der Waals surface area contributed by atoms with Gasteiger partial charge in [-0.15, -0.1) is 0 Å². The number of aryl methyl sites for hydroxylation is 1. The van der Waals surface area contributed by atoms with Crippen molar-refractivity contribution in [2.75, 3.05) is 18.0 Å². The topological polar surface area (TPSA) is 3.24 Å². The Morgan fingerprint density at radius 3 is 2.24 bits per heavy atom. The summed E-state index contributed by atoms with van der Waals surface area (Å²) in [6, 6.07) is 8.98. The highest BCUT2D eigenvalue weighted by Gasteiger charge is 2.26. The SMILES string of the molecule is C=Cc1cccc(C2CCN(c3c(F)cc(C)cc3F)CC2)c1C=C. The highest BCUT2D eigenvalue weighted by Crippen LogP contribution is 2.35. The van der Waals surface area contributed by atoms with Crippen LogP contribution in [0.1, 0.15) is 41.0 Å². The predicted octanol–water partition coefficient (Wildman–Crippen LogP) is 5.94. The van der Waals surface area contributed by atoms with Gasteiger partial charge in [-0.05, 0) is 60.1 Å².